The van der Waals surface area contributed by atoms with E-state index in [-0.39, 0.29) is 11.1 Å². The molecule has 2 rings (SSSR count). The van der Waals surface area contributed by atoms with Crippen molar-refractivity contribution < 1.29 is 4.39 Å². The van der Waals surface area contributed by atoms with Crippen LogP contribution in [0.3, 0.4) is 0 Å². The Kier molecular flexibility index (Phi) is 4.83. The van der Waals surface area contributed by atoms with E-state index in [1.165, 1.54) is 0 Å². The second kappa shape index (κ2) is 6.24. The van der Waals surface area contributed by atoms with Gasteiger partial charge in [0.1, 0.15) is 5.82 Å². The van der Waals surface area contributed by atoms with E-state index in [0.717, 1.165) is 11.4 Å². The predicted molar refractivity (Wildman–Crippen MR) is 82.6 cm³/mol. The lowest BCUT2D eigenvalue weighted by Crippen LogP contribution is -2.25. The summed E-state index contributed by atoms with van der Waals surface area (Å²) in [6.07, 6.45) is 0. The third-order valence-electron chi connectivity index (χ3n) is 3.12. The molecule has 108 valence electrons. The molecule has 0 fully saturated rings. The van der Waals surface area contributed by atoms with Crippen LogP contribution in [0.5, 0.6) is 0 Å². The molecule has 1 unspecified atom stereocenters. The van der Waals surface area contributed by atoms with Crippen LogP contribution in [0.25, 0.3) is 0 Å². The van der Waals surface area contributed by atoms with Crippen molar-refractivity contribution in [2.75, 3.05) is 6.54 Å². The maximum absolute atomic E-state index is 14.4. The van der Waals surface area contributed by atoms with Crippen LogP contribution in [0.1, 0.15) is 29.9 Å². The van der Waals surface area contributed by atoms with Gasteiger partial charge in [-0.2, -0.15) is 5.10 Å². The minimum Gasteiger partial charge on any atom is -0.305 e. The number of nitrogens with one attached hydrogen (secondary N) is 1. The number of aryl methyl sites for hydroxylation is 2. The fourth-order valence-corrected chi connectivity index (χ4v) is 2.72. The van der Waals surface area contributed by atoms with E-state index in [9.17, 15) is 4.39 Å². The SMILES string of the molecule is CCNC(c1ccc(Br)c(Cl)c1F)c1cc(C)nn1C. The molecule has 1 atom stereocenters. The van der Waals surface area contributed by atoms with Crippen molar-refractivity contribution in [1.29, 1.82) is 0 Å². The number of nitrogens with zero attached hydrogens (tertiary/aromatic N) is 2. The van der Waals surface area contributed by atoms with Gasteiger partial charge in [0.15, 0.2) is 0 Å². The molecule has 0 saturated heterocycles. The van der Waals surface area contributed by atoms with E-state index in [1.54, 1.807) is 16.8 Å². The van der Waals surface area contributed by atoms with Gasteiger partial charge in [0.05, 0.1) is 22.5 Å². The van der Waals surface area contributed by atoms with E-state index in [4.69, 9.17) is 11.6 Å². The van der Waals surface area contributed by atoms with E-state index in [0.29, 0.717) is 16.6 Å². The minimum atomic E-state index is -0.411. The molecule has 0 aliphatic rings. The smallest absolute Gasteiger partial charge is 0.148 e. The topological polar surface area (TPSA) is 29.9 Å². The van der Waals surface area contributed by atoms with Crippen LogP contribution < -0.4 is 5.32 Å². The van der Waals surface area contributed by atoms with Crippen LogP contribution in [0.4, 0.5) is 4.39 Å². The van der Waals surface area contributed by atoms with Gasteiger partial charge in [0.25, 0.3) is 0 Å². The first-order chi connectivity index (χ1) is 9.45. The number of hydrogen-bond donors (Lipinski definition) is 1. The Morgan fingerprint density at radius 1 is 1.50 bits per heavy atom. The van der Waals surface area contributed by atoms with Crippen LogP contribution in [0.15, 0.2) is 22.7 Å². The van der Waals surface area contributed by atoms with Crippen molar-refractivity contribution in [3.63, 3.8) is 0 Å². The Morgan fingerprint density at radius 3 is 2.75 bits per heavy atom. The average molecular weight is 361 g/mol. The summed E-state index contributed by atoms with van der Waals surface area (Å²) in [6, 6.07) is 5.16. The maximum atomic E-state index is 14.4. The summed E-state index contributed by atoms with van der Waals surface area (Å²) in [5.41, 5.74) is 2.32. The lowest BCUT2D eigenvalue weighted by Gasteiger charge is -2.20. The molecule has 1 N–H and O–H groups in total. The zero-order chi connectivity index (χ0) is 14.9. The summed E-state index contributed by atoms with van der Waals surface area (Å²) in [5, 5.41) is 7.70. The van der Waals surface area contributed by atoms with E-state index < -0.39 is 5.82 Å². The van der Waals surface area contributed by atoms with Crippen molar-refractivity contribution >= 4 is 27.5 Å². The Morgan fingerprint density at radius 2 is 2.20 bits per heavy atom. The number of rotatable bonds is 4. The molecule has 0 aliphatic carbocycles. The number of aromatic nitrogens is 2. The fraction of sp³-hybridized carbons (Fsp3) is 0.357. The lowest BCUT2D eigenvalue weighted by atomic mass is 10.0. The van der Waals surface area contributed by atoms with Crippen molar-refractivity contribution in [3.8, 4) is 0 Å². The van der Waals surface area contributed by atoms with Crippen molar-refractivity contribution in [1.82, 2.24) is 15.1 Å². The molecule has 0 bridgehead atoms. The summed E-state index contributed by atoms with van der Waals surface area (Å²) in [4.78, 5) is 0. The van der Waals surface area contributed by atoms with E-state index >= 15 is 0 Å². The summed E-state index contributed by atoms with van der Waals surface area (Å²) >= 11 is 9.22. The second-order valence-electron chi connectivity index (χ2n) is 4.59. The quantitative estimate of drug-likeness (QED) is 0.836. The summed E-state index contributed by atoms with van der Waals surface area (Å²) < 4.78 is 16.7. The van der Waals surface area contributed by atoms with Gasteiger partial charge < -0.3 is 5.32 Å². The zero-order valence-electron chi connectivity index (χ0n) is 11.5. The Hall–Kier alpha value is -0.910. The third-order valence-corrected chi connectivity index (χ3v) is 4.38. The first-order valence-electron chi connectivity index (χ1n) is 6.33. The van der Waals surface area contributed by atoms with Gasteiger partial charge in [0, 0.05) is 17.1 Å². The normalized spacial score (nSPS) is 12.7. The number of hydrogen-bond acceptors (Lipinski definition) is 2. The van der Waals surface area contributed by atoms with Crippen LogP contribution in [0.2, 0.25) is 5.02 Å². The lowest BCUT2D eigenvalue weighted by molar-refractivity contribution is 0.531. The zero-order valence-corrected chi connectivity index (χ0v) is 13.9. The van der Waals surface area contributed by atoms with Crippen molar-refractivity contribution in [2.45, 2.75) is 19.9 Å². The largest absolute Gasteiger partial charge is 0.305 e. The van der Waals surface area contributed by atoms with Crippen LogP contribution in [-0.2, 0) is 7.05 Å². The van der Waals surface area contributed by atoms with Crippen LogP contribution in [-0.4, -0.2) is 16.3 Å². The molecule has 0 radical (unpaired) electrons. The van der Waals surface area contributed by atoms with Crippen molar-refractivity contribution in [2.24, 2.45) is 7.05 Å². The third kappa shape index (κ3) is 2.90. The highest BCUT2D eigenvalue weighted by Crippen LogP contribution is 2.33. The van der Waals surface area contributed by atoms with Gasteiger partial charge in [0.2, 0.25) is 0 Å². The summed E-state index contributed by atoms with van der Waals surface area (Å²) in [6.45, 7) is 4.61. The molecule has 2 aromatic rings. The molecular formula is C14H16BrClFN3. The standard InChI is InChI=1S/C14H16BrClFN3/c1-4-18-14(11-7-8(2)19-20(11)3)9-5-6-10(15)12(16)13(9)17/h5-7,14,18H,4H2,1-3H3. The van der Waals surface area contributed by atoms with Gasteiger partial charge in [-0.15, -0.1) is 0 Å². The highest BCUT2D eigenvalue weighted by Gasteiger charge is 2.22. The highest BCUT2D eigenvalue weighted by atomic mass is 79.9. The van der Waals surface area contributed by atoms with Gasteiger partial charge in [-0.1, -0.05) is 24.6 Å². The molecule has 0 aliphatic heterocycles. The van der Waals surface area contributed by atoms with Gasteiger partial charge in [-0.3, -0.25) is 4.68 Å². The van der Waals surface area contributed by atoms with Crippen molar-refractivity contribution in [3.05, 3.63) is 50.5 Å². The average Bonchev–Trinajstić information content (AvgIpc) is 2.73. The maximum Gasteiger partial charge on any atom is 0.148 e. The molecule has 0 saturated carbocycles. The van der Waals surface area contributed by atoms with E-state index in [2.05, 4.69) is 26.3 Å². The Balaban J connectivity index is 2.54. The number of halogens is 3. The highest BCUT2D eigenvalue weighted by molar-refractivity contribution is 9.10. The summed E-state index contributed by atoms with van der Waals surface area (Å²) in [7, 11) is 1.85. The second-order valence-corrected chi connectivity index (χ2v) is 5.82. The molecule has 20 heavy (non-hydrogen) atoms. The molecule has 1 heterocycles. The molecule has 6 heteroatoms. The first-order valence-corrected chi connectivity index (χ1v) is 7.50. The Bertz CT molecular complexity index is 627. The van der Waals surface area contributed by atoms with Crippen LogP contribution >= 0.6 is 27.5 Å². The molecule has 3 nitrogen and oxygen atoms in total. The summed E-state index contributed by atoms with van der Waals surface area (Å²) in [5.74, 6) is -0.411. The van der Waals surface area contributed by atoms with Crippen LogP contribution in [0, 0.1) is 12.7 Å². The monoisotopic (exact) mass is 359 g/mol. The van der Waals surface area contributed by atoms with Gasteiger partial charge in [-0.05, 0) is 41.5 Å². The molecular weight excluding hydrogens is 345 g/mol. The minimum absolute atomic E-state index is 0.101. The number of benzene rings is 1. The van der Waals surface area contributed by atoms with E-state index in [1.807, 2.05) is 27.0 Å². The fourth-order valence-electron chi connectivity index (χ4n) is 2.24. The van der Waals surface area contributed by atoms with Gasteiger partial charge >= 0.3 is 0 Å². The Labute approximate surface area is 131 Å². The van der Waals surface area contributed by atoms with Gasteiger partial charge in [-0.25, -0.2) is 4.39 Å². The molecule has 0 spiro atoms. The first kappa shape index (κ1) is 15.5. The molecule has 0 amide bonds. The molecule has 1 aromatic heterocycles. The predicted octanol–water partition coefficient (Wildman–Crippen LogP) is 3.98. The molecule has 1 aromatic carbocycles.